The minimum Gasteiger partial charge on any atom is -0.382 e. The summed E-state index contributed by atoms with van der Waals surface area (Å²) in [4.78, 5) is 0. The van der Waals surface area contributed by atoms with Crippen LogP contribution in [0, 0.1) is 11.7 Å². The third-order valence-corrected chi connectivity index (χ3v) is 3.90. The maximum absolute atomic E-state index is 13.6. The molecular weight excluding hydrogens is 189 g/mol. The lowest BCUT2D eigenvalue weighted by atomic mass is 9.73. The van der Waals surface area contributed by atoms with Gasteiger partial charge in [-0.3, -0.25) is 0 Å². The molecule has 0 amide bonds. The van der Waals surface area contributed by atoms with E-state index in [1.54, 1.807) is 6.07 Å². The summed E-state index contributed by atoms with van der Waals surface area (Å²) in [7, 11) is 0. The minimum absolute atomic E-state index is 0.0866. The van der Waals surface area contributed by atoms with Gasteiger partial charge < -0.3 is 5.32 Å². The lowest BCUT2D eigenvalue weighted by molar-refractivity contribution is 0.312. The van der Waals surface area contributed by atoms with Crippen molar-refractivity contribution in [1.82, 2.24) is 0 Å². The topological polar surface area (TPSA) is 12.0 Å². The summed E-state index contributed by atoms with van der Waals surface area (Å²) in [6.45, 7) is 0.957. The van der Waals surface area contributed by atoms with Gasteiger partial charge in [-0.15, -0.1) is 0 Å². The fourth-order valence-electron chi connectivity index (χ4n) is 3.13. The van der Waals surface area contributed by atoms with Crippen LogP contribution >= 0.6 is 0 Å². The molecule has 1 aliphatic carbocycles. The molecule has 1 N–H and O–H groups in total. The lowest BCUT2D eigenvalue weighted by Crippen LogP contribution is -2.30. The van der Waals surface area contributed by atoms with E-state index in [9.17, 15) is 4.39 Å². The summed E-state index contributed by atoms with van der Waals surface area (Å²) in [5.74, 6) is 1.25. The summed E-state index contributed by atoms with van der Waals surface area (Å²) in [5.41, 5.74) is 1.98. The van der Waals surface area contributed by atoms with E-state index in [0.717, 1.165) is 18.2 Å². The van der Waals surface area contributed by atoms with E-state index < -0.39 is 0 Å². The second-order valence-electron chi connectivity index (χ2n) is 4.74. The SMILES string of the molecule is Fc1cccc2c1NCC1CCCCC21. The second-order valence-corrected chi connectivity index (χ2v) is 4.74. The van der Waals surface area contributed by atoms with Gasteiger partial charge in [0.1, 0.15) is 5.82 Å². The molecule has 0 aromatic heterocycles. The van der Waals surface area contributed by atoms with Crippen LogP contribution in [0.2, 0.25) is 0 Å². The Hall–Kier alpha value is -1.05. The molecule has 1 fully saturated rings. The molecule has 2 aliphatic rings. The van der Waals surface area contributed by atoms with Gasteiger partial charge in [0, 0.05) is 6.54 Å². The molecule has 80 valence electrons. The second kappa shape index (κ2) is 3.51. The number of hydrogen-bond acceptors (Lipinski definition) is 1. The molecule has 1 aromatic rings. The molecule has 3 rings (SSSR count). The number of para-hydroxylation sites is 1. The maximum atomic E-state index is 13.6. The molecule has 0 spiro atoms. The Labute approximate surface area is 89.7 Å². The summed E-state index contributed by atoms with van der Waals surface area (Å²) in [6, 6.07) is 5.48. The number of anilines is 1. The molecule has 15 heavy (non-hydrogen) atoms. The highest BCUT2D eigenvalue weighted by Gasteiger charge is 2.32. The maximum Gasteiger partial charge on any atom is 0.146 e. The Balaban J connectivity index is 2.03. The largest absolute Gasteiger partial charge is 0.382 e. The Morgan fingerprint density at radius 1 is 1.20 bits per heavy atom. The van der Waals surface area contributed by atoms with Crippen molar-refractivity contribution in [1.29, 1.82) is 0 Å². The first-order valence-corrected chi connectivity index (χ1v) is 5.88. The molecule has 0 saturated heterocycles. The molecule has 2 heteroatoms. The van der Waals surface area contributed by atoms with Crippen LogP contribution in [0.1, 0.15) is 37.2 Å². The first-order valence-electron chi connectivity index (χ1n) is 5.88. The molecule has 1 saturated carbocycles. The van der Waals surface area contributed by atoms with Gasteiger partial charge in [0.05, 0.1) is 5.69 Å². The molecule has 0 bridgehead atoms. The average Bonchev–Trinajstić information content (AvgIpc) is 2.29. The predicted molar refractivity (Wildman–Crippen MR) is 59.6 cm³/mol. The Bertz CT molecular complexity index is 375. The van der Waals surface area contributed by atoms with Crippen LogP contribution in [0.5, 0.6) is 0 Å². The third-order valence-electron chi connectivity index (χ3n) is 3.90. The van der Waals surface area contributed by atoms with Crippen LogP contribution in [0.3, 0.4) is 0 Å². The molecule has 2 unspecified atom stereocenters. The predicted octanol–water partition coefficient (Wildman–Crippen LogP) is 3.53. The Morgan fingerprint density at radius 3 is 3.00 bits per heavy atom. The summed E-state index contributed by atoms with van der Waals surface area (Å²) >= 11 is 0. The van der Waals surface area contributed by atoms with Gasteiger partial charge >= 0.3 is 0 Å². The quantitative estimate of drug-likeness (QED) is 0.683. The van der Waals surface area contributed by atoms with Crippen molar-refractivity contribution in [2.75, 3.05) is 11.9 Å². The number of benzene rings is 1. The zero-order valence-electron chi connectivity index (χ0n) is 8.80. The van der Waals surface area contributed by atoms with Gasteiger partial charge in [0.15, 0.2) is 0 Å². The monoisotopic (exact) mass is 205 g/mol. The van der Waals surface area contributed by atoms with Crippen LogP contribution in [-0.4, -0.2) is 6.54 Å². The van der Waals surface area contributed by atoms with Crippen LogP contribution in [0.15, 0.2) is 18.2 Å². The van der Waals surface area contributed by atoms with E-state index >= 15 is 0 Å². The molecule has 1 aromatic carbocycles. The van der Waals surface area contributed by atoms with Crippen molar-refractivity contribution < 1.29 is 4.39 Å². The smallest absolute Gasteiger partial charge is 0.146 e. The fraction of sp³-hybridized carbons (Fsp3) is 0.538. The fourth-order valence-corrected chi connectivity index (χ4v) is 3.13. The lowest BCUT2D eigenvalue weighted by Gasteiger charge is -2.37. The van der Waals surface area contributed by atoms with Crippen molar-refractivity contribution in [3.63, 3.8) is 0 Å². The number of nitrogens with one attached hydrogen (secondary N) is 1. The summed E-state index contributed by atoms with van der Waals surface area (Å²) in [5, 5.41) is 3.26. The van der Waals surface area contributed by atoms with Gasteiger partial charge in [0.25, 0.3) is 0 Å². The van der Waals surface area contributed by atoms with E-state index in [1.165, 1.54) is 31.2 Å². The number of halogens is 1. The average molecular weight is 205 g/mol. The van der Waals surface area contributed by atoms with Crippen LogP contribution in [0.4, 0.5) is 10.1 Å². The first-order chi connectivity index (χ1) is 7.36. The van der Waals surface area contributed by atoms with E-state index in [1.807, 2.05) is 6.07 Å². The molecule has 2 atom stereocenters. The van der Waals surface area contributed by atoms with Gasteiger partial charge in [-0.25, -0.2) is 4.39 Å². The van der Waals surface area contributed by atoms with Gasteiger partial charge in [-0.1, -0.05) is 25.0 Å². The highest BCUT2D eigenvalue weighted by molar-refractivity contribution is 5.56. The van der Waals surface area contributed by atoms with Gasteiger partial charge in [0.2, 0.25) is 0 Å². The number of rotatable bonds is 0. The summed E-state index contributed by atoms with van der Waals surface area (Å²) in [6.07, 6.45) is 5.18. The zero-order valence-corrected chi connectivity index (χ0v) is 8.80. The molecule has 1 nitrogen and oxygen atoms in total. The van der Waals surface area contributed by atoms with Gasteiger partial charge in [-0.2, -0.15) is 0 Å². The standard InChI is InChI=1S/C13H16FN/c14-12-7-3-6-11-10-5-2-1-4-9(10)8-15-13(11)12/h3,6-7,9-10,15H,1-2,4-5,8H2. The van der Waals surface area contributed by atoms with E-state index in [4.69, 9.17) is 0 Å². The molecule has 0 radical (unpaired) electrons. The first kappa shape index (κ1) is 9.20. The molecular formula is C13H16FN. The summed E-state index contributed by atoms with van der Waals surface area (Å²) < 4.78 is 13.6. The third kappa shape index (κ3) is 1.43. The van der Waals surface area contributed by atoms with Crippen molar-refractivity contribution in [3.05, 3.63) is 29.6 Å². The molecule has 1 heterocycles. The Kier molecular flexibility index (Phi) is 2.15. The van der Waals surface area contributed by atoms with Crippen molar-refractivity contribution in [2.45, 2.75) is 31.6 Å². The van der Waals surface area contributed by atoms with Crippen LogP contribution in [0.25, 0.3) is 0 Å². The minimum atomic E-state index is -0.0866. The van der Waals surface area contributed by atoms with E-state index in [2.05, 4.69) is 11.4 Å². The van der Waals surface area contributed by atoms with Crippen LogP contribution in [-0.2, 0) is 0 Å². The highest BCUT2D eigenvalue weighted by Crippen LogP contribution is 2.44. The van der Waals surface area contributed by atoms with Crippen molar-refractivity contribution in [2.24, 2.45) is 5.92 Å². The van der Waals surface area contributed by atoms with E-state index in [-0.39, 0.29) is 5.82 Å². The van der Waals surface area contributed by atoms with E-state index in [0.29, 0.717) is 5.92 Å². The normalized spacial score (nSPS) is 28.9. The number of fused-ring (bicyclic) bond motifs is 3. The highest BCUT2D eigenvalue weighted by atomic mass is 19.1. The zero-order chi connectivity index (χ0) is 10.3. The molecule has 1 aliphatic heterocycles. The number of hydrogen-bond donors (Lipinski definition) is 1. The Morgan fingerprint density at radius 2 is 2.07 bits per heavy atom. The van der Waals surface area contributed by atoms with Crippen molar-refractivity contribution >= 4 is 5.69 Å². The van der Waals surface area contributed by atoms with Crippen LogP contribution < -0.4 is 5.32 Å². The van der Waals surface area contributed by atoms with Crippen molar-refractivity contribution in [3.8, 4) is 0 Å². The van der Waals surface area contributed by atoms with Gasteiger partial charge in [-0.05, 0) is 36.3 Å².